The van der Waals surface area contributed by atoms with Gasteiger partial charge in [0, 0.05) is 0 Å². The monoisotopic (exact) mass is 264 g/mol. The summed E-state index contributed by atoms with van der Waals surface area (Å²) in [6, 6.07) is -0.617. The maximum atomic E-state index is 12.6. The number of rotatable bonds is 1. The predicted octanol–water partition coefficient (Wildman–Crippen LogP) is 1.69. The van der Waals surface area contributed by atoms with Crippen molar-refractivity contribution in [1.82, 2.24) is 5.01 Å². The molecule has 18 heavy (non-hydrogen) atoms. The van der Waals surface area contributed by atoms with Gasteiger partial charge in [-0.15, -0.1) is 0 Å². The van der Waals surface area contributed by atoms with Gasteiger partial charge in [0.05, 0.1) is 18.1 Å². The summed E-state index contributed by atoms with van der Waals surface area (Å²) >= 11 is 0. The van der Waals surface area contributed by atoms with Crippen molar-refractivity contribution in [2.24, 2.45) is 11.0 Å². The fourth-order valence-electron chi connectivity index (χ4n) is 2.48. The minimum Gasteiger partial charge on any atom is -0.391 e. The van der Waals surface area contributed by atoms with Gasteiger partial charge < -0.3 is 5.11 Å². The van der Waals surface area contributed by atoms with E-state index < -0.39 is 35.9 Å². The van der Waals surface area contributed by atoms with Gasteiger partial charge in [-0.2, -0.15) is 18.3 Å². The van der Waals surface area contributed by atoms with Gasteiger partial charge in [-0.05, 0) is 19.8 Å². The molecule has 7 heteroatoms. The number of nitrogens with zero attached hydrogens (tertiary/aromatic N) is 2. The number of amides is 1. The molecule has 1 aliphatic heterocycles. The van der Waals surface area contributed by atoms with Crippen LogP contribution in [0.5, 0.6) is 0 Å². The maximum Gasteiger partial charge on any atom is 0.431 e. The second-order valence-electron chi connectivity index (χ2n) is 4.81. The second kappa shape index (κ2) is 4.53. The number of hydrazone groups is 1. The van der Waals surface area contributed by atoms with Gasteiger partial charge >= 0.3 is 6.18 Å². The molecule has 1 heterocycles. The number of aliphatic hydroxyl groups excluding tert-OH is 1. The summed E-state index contributed by atoms with van der Waals surface area (Å²) in [6.45, 7) is 1.20. The molecule has 4 nitrogen and oxygen atoms in total. The van der Waals surface area contributed by atoms with Crippen molar-refractivity contribution in [2.45, 2.75) is 50.9 Å². The molecule has 1 aliphatic carbocycles. The molecule has 3 unspecified atom stereocenters. The van der Waals surface area contributed by atoms with Crippen LogP contribution >= 0.6 is 0 Å². The van der Waals surface area contributed by atoms with E-state index in [-0.39, 0.29) is 0 Å². The van der Waals surface area contributed by atoms with Crippen LogP contribution in [0.4, 0.5) is 13.2 Å². The third kappa shape index (κ3) is 2.23. The van der Waals surface area contributed by atoms with Crippen LogP contribution < -0.4 is 0 Å². The van der Waals surface area contributed by atoms with Crippen molar-refractivity contribution in [3.8, 4) is 0 Å². The van der Waals surface area contributed by atoms with E-state index in [9.17, 15) is 23.1 Å². The van der Waals surface area contributed by atoms with Gasteiger partial charge in [0.1, 0.15) is 0 Å². The van der Waals surface area contributed by atoms with Crippen molar-refractivity contribution in [2.75, 3.05) is 0 Å². The molecule has 0 bridgehead atoms. The van der Waals surface area contributed by atoms with E-state index in [1.165, 1.54) is 6.92 Å². The van der Waals surface area contributed by atoms with Crippen molar-refractivity contribution in [3.63, 3.8) is 0 Å². The van der Waals surface area contributed by atoms with E-state index in [1.807, 2.05) is 0 Å². The number of alkyl halides is 3. The molecule has 0 aromatic carbocycles. The zero-order valence-corrected chi connectivity index (χ0v) is 9.94. The van der Waals surface area contributed by atoms with Crippen LogP contribution in [0.3, 0.4) is 0 Å². The molecule has 0 aromatic heterocycles. The largest absolute Gasteiger partial charge is 0.431 e. The molecular weight excluding hydrogens is 249 g/mol. The Morgan fingerprint density at radius 2 is 1.94 bits per heavy atom. The standard InChI is InChI=1S/C11H15F3N2O2/c1-6-9(11(12,13)14)15-16(10(6)18)7-4-2-3-5-8(7)17/h6-8,17H,2-5H2,1H3. The molecule has 0 radical (unpaired) electrons. The molecule has 1 amide bonds. The Bertz CT molecular complexity index is 381. The summed E-state index contributed by atoms with van der Waals surface area (Å²) in [5, 5.41) is 14.0. The highest BCUT2D eigenvalue weighted by Gasteiger charge is 2.49. The predicted molar refractivity (Wildman–Crippen MR) is 57.8 cm³/mol. The number of halogens is 3. The quantitative estimate of drug-likeness (QED) is 0.783. The SMILES string of the molecule is CC1C(=O)N(C2CCCCC2O)N=C1C(F)(F)F. The van der Waals surface area contributed by atoms with Gasteiger partial charge in [-0.3, -0.25) is 4.79 Å². The molecule has 1 N–H and O–H groups in total. The van der Waals surface area contributed by atoms with Crippen LogP contribution in [0.15, 0.2) is 5.10 Å². The van der Waals surface area contributed by atoms with Crippen molar-refractivity contribution in [1.29, 1.82) is 0 Å². The first-order valence-electron chi connectivity index (χ1n) is 5.99. The molecule has 102 valence electrons. The maximum absolute atomic E-state index is 12.6. The zero-order valence-electron chi connectivity index (χ0n) is 9.94. The van der Waals surface area contributed by atoms with E-state index in [0.717, 1.165) is 17.9 Å². The van der Waals surface area contributed by atoms with Crippen LogP contribution in [0.2, 0.25) is 0 Å². The van der Waals surface area contributed by atoms with Crippen molar-refractivity contribution >= 4 is 11.6 Å². The van der Waals surface area contributed by atoms with E-state index in [1.54, 1.807) is 0 Å². The van der Waals surface area contributed by atoms with Crippen molar-refractivity contribution in [3.05, 3.63) is 0 Å². The Morgan fingerprint density at radius 3 is 2.44 bits per heavy atom. The number of carbonyl (C=O) groups is 1. The minimum atomic E-state index is -4.59. The number of carbonyl (C=O) groups excluding carboxylic acids is 1. The first-order valence-corrected chi connectivity index (χ1v) is 5.99. The van der Waals surface area contributed by atoms with E-state index in [0.29, 0.717) is 12.8 Å². The molecule has 0 aromatic rings. The number of aliphatic hydroxyl groups is 1. The topological polar surface area (TPSA) is 52.9 Å². The third-order valence-corrected chi connectivity index (χ3v) is 3.52. The van der Waals surface area contributed by atoms with Crippen LogP contribution in [0, 0.1) is 5.92 Å². The summed E-state index contributed by atoms with van der Waals surface area (Å²) in [7, 11) is 0. The number of hydrogen-bond acceptors (Lipinski definition) is 3. The zero-order chi connectivity index (χ0) is 13.5. The first kappa shape index (κ1) is 13.3. The van der Waals surface area contributed by atoms with Crippen molar-refractivity contribution < 1.29 is 23.1 Å². The average molecular weight is 264 g/mol. The highest BCUT2D eigenvalue weighted by atomic mass is 19.4. The van der Waals surface area contributed by atoms with E-state index in [4.69, 9.17) is 0 Å². The lowest BCUT2D eigenvalue weighted by atomic mass is 9.92. The Morgan fingerprint density at radius 1 is 1.33 bits per heavy atom. The van der Waals surface area contributed by atoms with Gasteiger partial charge in [-0.25, -0.2) is 5.01 Å². The van der Waals surface area contributed by atoms with Gasteiger partial charge in [0.2, 0.25) is 0 Å². The lowest BCUT2D eigenvalue weighted by Crippen LogP contribution is -2.45. The smallest absolute Gasteiger partial charge is 0.391 e. The number of hydrogen-bond donors (Lipinski definition) is 1. The van der Waals surface area contributed by atoms with Crippen LogP contribution in [-0.2, 0) is 4.79 Å². The fraction of sp³-hybridized carbons (Fsp3) is 0.818. The van der Waals surface area contributed by atoms with Crippen LogP contribution in [0.1, 0.15) is 32.6 Å². The molecule has 2 aliphatic rings. The molecule has 1 saturated carbocycles. The second-order valence-corrected chi connectivity index (χ2v) is 4.81. The van der Waals surface area contributed by atoms with Crippen LogP contribution in [0.25, 0.3) is 0 Å². The lowest BCUT2D eigenvalue weighted by Gasteiger charge is -2.32. The fourth-order valence-corrected chi connectivity index (χ4v) is 2.48. The van der Waals surface area contributed by atoms with Gasteiger partial charge in [0.15, 0.2) is 5.71 Å². The summed E-state index contributed by atoms with van der Waals surface area (Å²) in [5.74, 6) is -1.95. The highest BCUT2D eigenvalue weighted by Crippen LogP contribution is 2.33. The summed E-state index contributed by atoms with van der Waals surface area (Å²) < 4.78 is 37.9. The molecule has 2 rings (SSSR count). The van der Waals surface area contributed by atoms with Gasteiger partial charge in [0.25, 0.3) is 5.91 Å². The lowest BCUT2D eigenvalue weighted by molar-refractivity contribution is -0.137. The molecule has 1 fully saturated rings. The molecular formula is C11H15F3N2O2. The van der Waals surface area contributed by atoms with E-state index >= 15 is 0 Å². The Labute approximate surface area is 102 Å². The summed E-state index contributed by atoms with van der Waals surface area (Å²) in [4.78, 5) is 11.8. The van der Waals surface area contributed by atoms with Gasteiger partial charge in [-0.1, -0.05) is 12.8 Å². The van der Waals surface area contributed by atoms with Crippen LogP contribution in [-0.4, -0.2) is 40.1 Å². The van der Waals surface area contributed by atoms with E-state index in [2.05, 4.69) is 5.10 Å². The third-order valence-electron chi connectivity index (χ3n) is 3.52. The molecule has 3 atom stereocenters. The average Bonchev–Trinajstić information content (AvgIpc) is 2.57. The summed E-state index contributed by atoms with van der Waals surface area (Å²) in [5.41, 5.74) is -1.06. The Hall–Kier alpha value is -1.11. The normalized spacial score (nSPS) is 33.8. The molecule has 0 spiro atoms. The Kier molecular flexibility index (Phi) is 3.35. The summed E-state index contributed by atoms with van der Waals surface area (Å²) in [6.07, 6.45) is -2.77. The minimum absolute atomic E-state index is 0.494. The Balaban J connectivity index is 2.23. The molecule has 0 saturated heterocycles. The first-order chi connectivity index (χ1) is 8.32. The highest BCUT2D eigenvalue weighted by molar-refractivity contribution is 6.10.